The molecule has 2 aromatic carbocycles. The van der Waals surface area contributed by atoms with Crippen molar-refractivity contribution in [2.24, 2.45) is 0 Å². The van der Waals surface area contributed by atoms with Gasteiger partial charge in [0, 0.05) is 22.2 Å². The van der Waals surface area contributed by atoms with Crippen LogP contribution in [-0.4, -0.2) is 32.5 Å². The van der Waals surface area contributed by atoms with Crippen LogP contribution in [0.2, 0.25) is 5.02 Å². The van der Waals surface area contributed by atoms with Crippen LogP contribution in [0.3, 0.4) is 0 Å². The molecule has 1 N–H and O–H groups in total. The fraction of sp³-hybridized carbons (Fsp3) is 0.133. The first-order chi connectivity index (χ1) is 10.8. The number of benzene rings is 2. The van der Waals surface area contributed by atoms with Gasteiger partial charge in [0.25, 0.3) is 0 Å². The van der Waals surface area contributed by atoms with E-state index in [1.54, 1.807) is 16.4 Å². The summed E-state index contributed by atoms with van der Waals surface area (Å²) in [5.74, 6) is 1.55. The molecule has 0 saturated carbocycles. The maximum atomic E-state index is 5.87. The predicted molar refractivity (Wildman–Crippen MR) is 89.8 cm³/mol. The Balaban J connectivity index is 1.54. The molecule has 0 bridgehead atoms. The number of halogens is 1. The molecule has 0 saturated heterocycles. The molecule has 22 heavy (non-hydrogen) atoms. The Morgan fingerprint density at radius 1 is 1.05 bits per heavy atom. The van der Waals surface area contributed by atoms with Gasteiger partial charge in [0.05, 0.1) is 5.69 Å². The molecule has 3 rings (SSSR count). The zero-order valence-electron chi connectivity index (χ0n) is 11.7. The van der Waals surface area contributed by atoms with Crippen molar-refractivity contribution in [2.75, 3.05) is 17.6 Å². The minimum absolute atomic E-state index is 0.642. The number of thioether (sulfide) groups is 1. The Morgan fingerprint density at radius 3 is 2.59 bits per heavy atom. The Kier molecular flexibility index (Phi) is 4.92. The lowest BCUT2D eigenvalue weighted by atomic mass is 10.3. The van der Waals surface area contributed by atoms with Gasteiger partial charge < -0.3 is 5.32 Å². The number of tetrazole rings is 1. The molecule has 1 heterocycles. The Morgan fingerprint density at radius 2 is 1.82 bits per heavy atom. The van der Waals surface area contributed by atoms with Crippen LogP contribution in [0.25, 0.3) is 5.69 Å². The molecule has 0 spiro atoms. The molecule has 3 aromatic rings. The quantitative estimate of drug-likeness (QED) is 0.553. The summed E-state index contributed by atoms with van der Waals surface area (Å²) in [6.07, 6.45) is 0. The van der Waals surface area contributed by atoms with Crippen LogP contribution in [0.1, 0.15) is 0 Å². The number of hydrogen-bond acceptors (Lipinski definition) is 5. The highest BCUT2D eigenvalue weighted by Crippen LogP contribution is 2.20. The molecular formula is C15H14ClN5S. The average Bonchev–Trinajstić information content (AvgIpc) is 3.02. The molecule has 0 unspecified atom stereocenters. The van der Waals surface area contributed by atoms with Crippen LogP contribution in [-0.2, 0) is 0 Å². The smallest absolute Gasteiger partial charge is 0.247 e. The van der Waals surface area contributed by atoms with E-state index in [0.29, 0.717) is 5.95 Å². The van der Waals surface area contributed by atoms with E-state index < -0.39 is 0 Å². The zero-order valence-corrected chi connectivity index (χ0v) is 13.3. The highest BCUT2D eigenvalue weighted by molar-refractivity contribution is 7.99. The average molecular weight is 332 g/mol. The summed E-state index contributed by atoms with van der Waals surface area (Å²) < 4.78 is 1.69. The van der Waals surface area contributed by atoms with Crippen molar-refractivity contribution in [1.29, 1.82) is 0 Å². The molecule has 0 amide bonds. The van der Waals surface area contributed by atoms with Gasteiger partial charge >= 0.3 is 0 Å². The number of nitrogens with zero attached hydrogens (tertiary/aromatic N) is 4. The first-order valence-electron chi connectivity index (χ1n) is 6.79. The van der Waals surface area contributed by atoms with Crippen molar-refractivity contribution < 1.29 is 0 Å². The van der Waals surface area contributed by atoms with Gasteiger partial charge in [-0.25, -0.2) is 0 Å². The molecule has 0 aliphatic rings. The summed E-state index contributed by atoms with van der Waals surface area (Å²) >= 11 is 7.62. The van der Waals surface area contributed by atoms with Gasteiger partial charge in [-0.05, 0) is 46.8 Å². The molecule has 7 heteroatoms. The lowest BCUT2D eigenvalue weighted by molar-refractivity contribution is 0.790. The third-order valence-corrected chi connectivity index (χ3v) is 4.20. The molecule has 0 fully saturated rings. The standard InChI is InChI=1S/C15H14ClN5S/c16-12-6-8-14(9-7-12)22-11-10-17-15-18-19-20-21(15)13-4-2-1-3-5-13/h1-9H,10-11H2,(H,17,18,20). The van der Waals surface area contributed by atoms with E-state index in [0.717, 1.165) is 23.0 Å². The summed E-state index contributed by atoms with van der Waals surface area (Å²) in [5, 5.41) is 15.7. The fourth-order valence-corrected chi connectivity index (χ4v) is 2.80. The molecule has 0 atom stereocenters. The number of para-hydroxylation sites is 1. The van der Waals surface area contributed by atoms with Crippen molar-refractivity contribution in [3.63, 3.8) is 0 Å². The number of aromatic nitrogens is 4. The summed E-state index contributed by atoms with van der Waals surface area (Å²) in [6.45, 7) is 0.764. The van der Waals surface area contributed by atoms with Gasteiger partial charge in [-0.2, -0.15) is 4.68 Å². The first-order valence-corrected chi connectivity index (χ1v) is 8.15. The van der Waals surface area contributed by atoms with Crippen molar-refractivity contribution >= 4 is 29.3 Å². The van der Waals surface area contributed by atoms with Gasteiger partial charge in [-0.1, -0.05) is 34.9 Å². The number of nitrogens with one attached hydrogen (secondary N) is 1. The highest BCUT2D eigenvalue weighted by atomic mass is 35.5. The Labute approximate surface area is 137 Å². The second-order valence-corrected chi connectivity index (χ2v) is 6.08. The molecular weight excluding hydrogens is 318 g/mol. The van der Waals surface area contributed by atoms with Gasteiger partial charge in [0.1, 0.15) is 0 Å². The SMILES string of the molecule is Clc1ccc(SCCNc2nnnn2-c2ccccc2)cc1. The first kappa shape index (κ1) is 14.9. The van der Waals surface area contributed by atoms with Gasteiger partial charge in [0.15, 0.2) is 0 Å². The monoisotopic (exact) mass is 331 g/mol. The summed E-state index contributed by atoms with van der Waals surface area (Å²) in [4.78, 5) is 1.19. The normalized spacial score (nSPS) is 10.6. The topological polar surface area (TPSA) is 55.6 Å². The van der Waals surface area contributed by atoms with E-state index in [1.165, 1.54) is 4.90 Å². The summed E-state index contributed by atoms with van der Waals surface area (Å²) in [5.41, 5.74) is 0.931. The Hall–Kier alpha value is -2.05. The highest BCUT2D eigenvalue weighted by Gasteiger charge is 2.06. The van der Waals surface area contributed by atoms with E-state index in [1.807, 2.05) is 54.6 Å². The zero-order chi connectivity index (χ0) is 15.2. The molecule has 0 radical (unpaired) electrons. The molecule has 1 aromatic heterocycles. The summed E-state index contributed by atoms with van der Waals surface area (Å²) in [7, 11) is 0. The fourth-order valence-electron chi connectivity index (χ4n) is 1.90. The van der Waals surface area contributed by atoms with Crippen molar-refractivity contribution in [2.45, 2.75) is 4.90 Å². The van der Waals surface area contributed by atoms with Crippen molar-refractivity contribution in [3.8, 4) is 5.69 Å². The minimum Gasteiger partial charge on any atom is -0.352 e. The molecule has 0 aliphatic carbocycles. The third kappa shape index (κ3) is 3.78. The van der Waals surface area contributed by atoms with Crippen LogP contribution in [0.5, 0.6) is 0 Å². The molecule has 0 aliphatic heterocycles. The minimum atomic E-state index is 0.642. The van der Waals surface area contributed by atoms with E-state index in [4.69, 9.17) is 11.6 Å². The summed E-state index contributed by atoms with van der Waals surface area (Å²) in [6, 6.07) is 17.6. The van der Waals surface area contributed by atoms with Gasteiger partial charge in [-0.3, -0.25) is 0 Å². The molecule has 5 nitrogen and oxygen atoms in total. The maximum Gasteiger partial charge on any atom is 0.247 e. The van der Waals surface area contributed by atoms with Gasteiger partial charge in [-0.15, -0.1) is 11.8 Å². The third-order valence-electron chi connectivity index (χ3n) is 2.94. The molecule has 112 valence electrons. The largest absolute Gasteiger partial charge is 0.352 e. The maximum absolute atomic E-state index is 5.87. The second-order valence-electron chi connectivity index (χ2n) is 4.48. The second kappa shape index (κ2) is 7.29. The number of hydrogen-bond donors (Lipinski definition) is 1. The lowest BCUT2D eigenvalue weighted by Gasteiger charge is -2.07. The van der Waals surface area contributed by atoms with E-state index in [-0.39, 0.29) is 0 Å². The van der Waals surface area contributed by atoms with E-state index >= 15 is 0 Å². The number of rotatable bonds is 6. The van der Waals surface area contributed by atoms with Crippen LogP contribution < -0.4 is 5.32 Å². The van der Waals surface area contributed by atoms with E-state index in [2.05, 4.69) is 20.8 Å². The van der Waals surface area contributed by atoms with E-state index in [9.17, 15) is 0 Å². The predicted octanol–water partition coefficient (Wildman–Crippen LogP) is 3.52. The van der Waals surface area contributed by atoms with Crippen LogP contribution >= 0.6 is 23.4 Å². The van der Waals surface area contributed by atoms with Gasteiger partial charge in [0.2, 0.25) is 5.95 Å². The van der Waals surface area contributed by atoms with Crippen molar-refractivity contribution in [1.82, 2.24) is 20.2 Å². The van der Waals surface area contributed by atoms with Crippen LogP contribution in [0, 0.1) is 0 Å². The van der Waals surface area contributed by atoms with Crippen LogP contribution in [0.15, 0.2) is 59.5 Å². The van der Waals surface area contributed by atoms with Crippen LogP contribution in [0.4, 0.5) is 5.95 Å². The number of anilines is 1. The van der Waals surface area contributed by atoms with Crippen molar-refractivity contribution in [3.05, 3.63) is 59.6 Å². The lowest BCUT2D eigenvalue weighted by Crippen LogP contribution is -2.10. The Bertz CT molecular complexity index is 714.